The molecule has 0 spiro atoms. The van der Waals surface area contributed by atoms with Crippen LogP contribution in [0.4, 0.5) is 0 Å². The number of nitrogens with one attached hydrogen (secondary N) is 1. The van der Waals surface area contributed by atoms with Crippen molar-refractivity contribution in [3.05, 3.63) is 74.6 Å². The fraction of sp³-hybridized carbons (Fsp3) is 0.136. The maximum atomic E-state index is 12.2. The second-order valence-electron chi connectivity index (χ2n) is 6.27. The number of halogens is 1. The topological polar surface area (TPSA) is 90.1 Å². The third-order valence-corrected chi connectivity index (χ3v) is 5.20. The van der Waals surface area contributed by atoms with E-state index in [1.807, 2.05) is 6.92 Å². The highest BCUT2D eigenvalue weighted by atomic mass is 127. The van der Waals surface area contributed by atoms with Crippen LogP contribution < -0.4 is 10.2 Å². The Kier molecular flexibility index (Phi) is 6.88. The van der Waals surface area contributed by atoms with E-state index in [4.69, 9.17) is 13.9 Å². The molecule has 0 aliphatic heterocycles. The van der Waals surface area contributed by atoms with Gasteiger partial charge in [0, 0.05) is 11.1 Å². The molecule has 3 rings (SSSR count). The number of furan rings is 1. The molecule has 1 amide bonds. The van der Waals surface area contributed by atoms with Gasteiger partial charge >= 0.3 is 5.97 Å². The molecule has 8 heteroatoms. The van der Waals surface area contributed by atoms with Crippen molar-refractivity contribution in [2.45, 2.75) is 6.92 Å². The number of amides is 1. The van der Waals surface area contributed by atoms with Gasteiger partial charge in [0.15, 0.2) is 0 Å². The number of ether oxygens (including phenoxy) is 2. The zero-order valence-corrected chi connectivity index (χ0v) is 18.7. The summed E-state index contributed by atoms with van der Waals surface area (Å²) in [5.41, 5.74) is 5.09. The van der Waals surface area contributed by atoms with Crippen LogP contribution in [-0.2, 0) is 4.74 Å². The molecule has 0 atom stereocenters. The van der Waals surface area contributed by atoms with Crippen LogP contribution in [0.25, 0.3) is 11.3 Å². The summed E-state index contributed by atoms with van der Waals surface area (Å²) in [5.74, 6) is 0.970. The first-order valence-electron chi connectivity index (χ1n) is 8.89. The Hall–Kier alpha value is -3.14. The van der Waals surface area contributed by atoms with Crippen LogP contribution in [0.15, 0.2) is 58.0 Å². The van der Waals surface area contributed by atoms with Crippen LogP contribution in [0.1, 0.15) is 32.0 Å². The zero-order valence-electron chi connectivity index (χ0n) is 16.6. The van der Waals surface area contributed by atoms with Crippen molar-refractivity contribution >= 4 is 40.7 Å². The summed E-state index contributed by atoms with van der Waals surface area (Å²) in [6.45, 7) is 1.88. The minimum atomic E-state index is -0.390. The lowest BCUT2D eigenvalue weighted by Gasteiger charge is -2.05. The van der Waals surface area contributed by atoms with Crippen molar-refractivity contribution < 1.29 is 23.5 Å². The number of nitrogens with zero attached hydrogens (tertiary/aromatic N) is 1. The second-order valence-corrected chi connectivity index (χ2v) is 7.43. The number of hydrogen-bond donors (Lipinski definition) is 1. The van der Waals surface area contributed by atoms with Crippen molar-refractivity contribution in [1.29, 1.82) is 0 Å². The Morgan fingerprint density at radius 3 is 2.53 bits per heavy atom. The molecular weight excluding hydrogens is 499 g/mol. The average molecular weight is 518 g/mol. The Morgan fingerprint density at radius 2 is 1.83 bits per heavy atom. The Morgan fingerprint density at radius 1 is 1.07 bits per heavy atom. The lowest BCUT2D eigenvalue weighted by atomic mass is 10.0. The van der Waals surface area contributed by atoms with Gasteiger partial charge in [-0.15, -0.1) is 0 Å². The number of methoxy groups -OCH3 is 2. The summed E-state index contributed by atoms with van der Waals surface area (Å²) in [7, 11) is 2.90. The largest absolute Gasteiger partial charge is 0.496 e. The Labute approximate surface area is 187 Å². The molecule has 1 aromatic heterocycles. The van der Waals surface area contributed by atoms with Gasteiger partial charge in [-0.25, -0.2) is 10.2 Å². The standard InChI is InChI=1S/C22H19IN2O5/c1-13-10-15(22(27)29-3)4-7-17(13)19-9-6-16(30-19)12-24-25-21(26)14-5-8-18(23)20(11-14)28-2/h4-12H,1-3H3,(H,25,26). The van der Waals surface area contributed by atoms with Crippen LogP contribution in [-0.4, -0.2) is 32.3 Å². The molecule has 0 fully saturated rings. The minimum Gasteiger partial charge on any atom is -0.496 e. The highest BCUT2D eigenvalue weighted by molar-refractivity contribution is 14.1. The third-order valence-electron chi connectivity index (χ3n) is 4.31. The van der Waals surface area contributed by atoms with Gasteiger partial charge in [0.25, 0.3) is 5.91 Å². The summed E-state index contributed by atoms with van der Waals surface area (Å²) >= 11 is 2.13. The molecule has 1 heterocycles. The third kappa shape index (κ3) is 4.88. The summed E-state index contributed by atoms with van der Waals surface area (Å²) in [6, 6.07) is 13.9. The van der Waals surface area contributed by atoms with E-state index in [1.165, 1.54) is 13.3 Å². The summed E-state index contributed by atoms with van der Waals surface area (Å²) in [6.07, 6.45) is 1.42. The second kappa shape index (κ2) is 9.57. The molecule has 7 nitrogen and oxygen atoms in total. The normalized spacial score (nSPS) is 10.8. The molecule has 0 unspecified atom stereocenters. The van der Waals surface area contributed by atoms with Gasteiger partial charge in [-0.05, 0) is 77.5 Å². The molecule has 154 valence electrons. The van der Waals surface area contributed by atoms with Gasteiger partial charge in [0.05, 0.1) is 29.6 Å². The number of esters is 1. The lowest BCUT2D eigenvalue weighted by Crippen LogP contribution is -2.17. The SMILES string of the molecule is COC(=O)c1ccc(-c2ccc(C=NNC(=O)c3ccc(I)c(OC)c3)o2)c(C)c1. The minimum absolute atomic E-state index is 0.359. The van der Waals surface area contributed by atoms with Gasteiger partial charge in [0.2, 0.25) is 0 Å². The molecule has 1 N–H and O–H groups in total. The van der Waals surface area contributed by atoms with Crippen LogP contribution in [0.5, 0.6) is 5.75 Å². The molecule has 0 bridgehead atoms. The van der Waals surface area contributed by atoms with Crippen molar-refractivity contribution in [3.8, 4) is 17.1 Å². The maximum absolute atomic E-state index is 12.2. The molecule has 2 aromatic carbocycles. The van der Waals surface area contributed by atoms with E-state index in [0.717, 1.165) is 14.7 Å². The Balaban J connectivity index is 1.69. The molecule has 0 radical (unpaired) electrons. The van der Waals surface area contributed by atoms with E-state index in [1.54, 1.807) is 55.6 Å². The van der Waals surface area contributed by atoms with Crippen molar-refractivity contribution in [3.63, 3.8) is 0 Å². The highest BCUT2D eigenvalue weighted by Crippen LogP contribution is 2.26. The van der Waals surface area contributed by atoms with E-state index in [2.05, 4.69) is 33.1 Å². The van der Waals surface area contributed by atoms with E-state index in [0.29, 0.717) is 28.4 Å². The van der Waals surface area contributed by atoms with E-state index < -0.39 is 5.97 Å². The summed E-state index contributed by atoms with van der Waals surface area (Å²) in [4.78, 5) is 23.9. The van der Waals surface area contributed by atoms with Gasteiger partial charge in [-0.2, -0.15) is 5.10 Å². The number of hydrogen-bond acceptors (Lipinski definition) is 6. The molecule has 3 aromatic rings. The van der Waals surface area contributed by atoms with E-state index >= 15 is 0 Å². The van der Waals surface area contributed by atoms with Gasteiger partial charge in [0.1, 0.15) is 17.3 Å². The fourth-order valence-corrected chi connectivity index (χ4v) is 3.33. The number of carbonyl (C=O) groups is 2. The zero-order chi connectivity index (χ0) is 21.7. The Bertz CT molecular complexity index is 1120. The van der Waals surface area contributed by atoms with Crippen molar-refractivity contribution in [1.82, 2.24) is 5.43 Å². The monoisotopic (exact) mass is 518 g/mol. The molecule has 0 saturated heterocycles. The van der Waals surface area contributed by atoms with Crippen LogP contribution >= 0.6 is 22.6 Å². The smallest absolute Gasteiger partial charge is 0.337 e. The first-order valence-corrected chi connectivity index (χ1v) is 9.97. The quantitative estimate of drug-likeness (QED) is 0.226. The molecule has 0 aliphatic carbocycles. The molecular formula is C22H19IN2O5. The predicted molar refractivity (Wildman–Crippen MR) is 121 cm³/mol. The van der Waals surface area contributed by atoms with Crippen LogP contribution in [0.2, 0.25) is 0 Å². The van der Waals surface area contributed by atoms with Gasteiger partial charge in [-0.3, -0.25) is 4.79 Å². The number of rotatable bonds is 6. The van der Waals surface area contributed by atoms with Crippen LogP contribution in [0, 0.1) is 10.5 Å². The summed E-state index contributed by atoms with van der Waals surface area (Å²) < 4.78 is 16.6. The predicted octanol–water partition coefficient (Wildman–Crippen LogP) is 4.42. The number of aryl methyl sites for hydroxylation is 1. The van der Waals surface area contributed by atoms with Gasteiger partial charge in [-0.1, -0.05) is 6.07 Å². The number of hydrazone groups is 1. The van der Waals surface area contributed by atoms with E-state index in [-0.39, 0.29) is 5.91 Å². The number of carbonyl (C=O) groups excluding carboxylic acids is 2. The fourth-order valence-electron chi connectivity index (χ4n) is 2.77. The van der Waals surface area contributed by atoms with Crippen LogP contribution in [0.3, 0.4) is 0 Å². The van der Waals surface area contributed by atoms with Gasteiger partial charge < -0.3 is 13.9 Å². The summed E-state index contributed by atoms with van der Waals surface area (Å²) in [5, 5.41) is 3.95. The molecule has 0 aliphatic rings. The van der Waals surface area contributed by atoms with E-state index in [9.17, 15) is 9.59 Å². The first-order chi connectivity index (χ1) is 14.4. The first kappa shape index (κ1) is 21.6. The lowest BCUT2D eigenvalue weighted by molar-refractivity contribution is 0.0600. The molecule has 30 heavy (non-hydrogen) atoms. The van der Waals surface area contributed by atoms with Crippen molar-refractivity contribution in [2.24, 2.45) is 5.10 Å². The number of benzene rings is 2. The molecule has 0 saturated carbocycles. The average Bonchev–Trinajstić information content (AvgIpc) is 3.21. The van der Waals surface area contributed by atoms with Crippen molar-refractivity contribution in [2.75, 3.05) is 14.2 Å². The highest BCUT2D eigenvalue weighted by Gasteiger charge is 2.12. The maximum Gasteiger partial charge on any atom is 0.337 e.